The van der Waals surface area contributed by atoms with E-state index in [2.05, 4.69) is 15.3 Å². The molecule has 0 radical (unpaired) electrons. The summed E-state index contributed by atoms with van der Waals surface area (Å²) in [5.74, 6) is -0.441. The lowest BCUT2D eigenvalue weighted by atomic mass is 10.2. The molecule has 0 spiro atoms. The lowest BCUT2D eigenvalue weighted by Crippen LogP contribution is -2.13. The molecule has 4 rings (SSSR count). The molecule has 6 nitrogen and oxygen atoms in total. The molecule has 7 heteroatoms. The fraction of sp³-hybridized carbons (Fsp3) is 0.0500. The molecule has 4 aromatic rings. The van der Waals surface area contributed by atoms with Crippen molar-refractivity contribution in [1.29, 1.82) is 0 Å². The van der Waals surface area contributed by atoms with Crippen molar-refractivity contribution in [3.63, 3.8) is 0 Å². The molecule has 0 aliphatic rings. The first-order chi connectivity index (χ1) is 13.2. The SMILES string of the molecule is COc1ccc2c(c1)ncn2-c1ccc(NC(=O)c2ccncc2F)cc1. The average Bonchev–Trinajstić information content (AvgIpc) is 3.12. The van der Waals surface area contributed by atoms with E-state index in [4.69, 9.17) is 4.74 Å². The minimum Gasteiger partial charge on any atom is -0.497 e. The standard InChI is InChI=1S/C20H15FN4O2/c1-27-15-6-7-19-18(10-15)23-12-25(19)14-4-2-13(3-5-14)24-20(26)16-8-9-22-11-17(16)21/h2-12H,1H3,(H,24,26). The number of hydrogen-bond acceptors (Lipinski definition) is 4. The molecule has 0 saturated carbocycles. The molecular formula is C20H15FN4O2. The van der Waals surface area contributed by atoms with Gasteiger partial charge in [-0.1, -0.05) is 0 Å². The van der Waals surface area contributed by atoms with Gasteiger partial charge in [0.1, 0.15) is 12.1 Å². The van der Waals surface area contributed by atoms with Gasteiger partial charge in [0.25, 0.3) is 5.91 Å². The highest BCUT2D eigenvalue weighted by Crippen LogP contribution is 2.23. The highest BCUT2D eigenvalue weighted by atomic mass is 19.1. The molecular weight excluding hydrogens is 347 g/mol. The number of methoxy groups -OCH3 is 1. The molecule has 2 heterocycles. The number of halogens is 1. The lowest BCUT2D eigenvalue weighted by molar-refractivity contribution is 0.102. The molecule has 134 valence electrons. The molecule has 0 fully saturated rings. The van der Waals surface area contributed by atoms with Crippen molar-refractivity contribution in [2.75, 3.05) is 12.4 Å². The fourth-order valence-electron chi connectivity index (χ4n) is 2.79. The van der Waals surface area contributed by atoms with Crippen LogP contribution < -0.4 is 10.1 Å². The Bertz CT molecular complexity index is 1120. The van der Waals surface area contributed by atoms with Crippen LogP contribution in [-0.2, 0) is 0 Å². The number of aromatic nitrogens is 3. The maximum atomic E-state index is 13.7. The number of pyridine rings is 1. The van der Waals surface area contributed by atoms with Gasteiger partial charge in [-0.15, -0.1) is 0 Å². The normalized spacial score (nSPS) is 10.7. The molecule has 0 aliphatic heterocycles. The first-order valence-electron chi connectivity index (χ1n) is 8.18. The van der Waals surface area contributed by atoms with Crippen LogP contribution in [0, 0.1) is 5.82 Å². The summed E-state index contributed by atoms with van der Waals surface area (Å²) in [5.41, 5.74) is 3.15. The van der Waals surface area contributed by atoms with E-state index in [0.29, 0.717) is 5.69 Å². The second-order valence-corrected chi connectivity index (χ2v) is 5.83. The van der Waals surface area contributed by atoms with Crippen LogP contribution in [0.25, 0.3) is 16.7 Å². The number of carbonyl (C=O) groups excluding carboxylic acids is 1. The molecule has 0 aliphatic carbocycles. The second-order valence-electron chi connectivity index (χ2n) is 5.83. The van der Waals surface area contributed by atoms with Gasteiger partial charge in [-0.25, -0.2) is 9.37 Å². The minimum absolute atomic E-state index is 0.0522. The Labute approximate surface area is 154 Å². The molecule has 27 heavy (non-hydrogen) atoms. The van der Waals surface area contributed by atoms with Gasteiger partial charge in [0, 0.05) is 23.6 Å². The van der Waals surface area contributed by atoms with Crippen LogP contribution >= 0.6 is 0 Å². The van der Waals surface area contributed by atoms with Crippen LogP contribution in [0.2, 0.25) is 0 Å². The third kappa shape index (κ3) is 3.22. The van der Waals surface area contributed by atoms with Gasteiger partial charge in [0.2, 0.25) is 0 Å². The zero-order chi connectivity index (χ0) is 18.8. The zero-order valence-electron chi connectivity index (χ0n) is 14.4. The number of nitrogens with zero attached hydrogens (tertiary/aromatic N) is 3. The number of fused-ring (bicyclic) bond motifs is 1. The van der Waals surface area contributed by atoms with Gasteiger partial charge in [-0.3, -0.25) is 14.3 Å². The number of anilines is 1. The van der Waals surface area contributed by atoms with E-state index in [1.807, 2.05) is 34.9 Å². The van der Waals surface area contributed by atoms with E-state index in [1.54, 1.807) is 25.6 Å². The average molecular weight is 362 g/mol. The van der Waals surface area contributed by atoms with E-state index in [0.717, 1.165) is 28.7 Å². The number of benzene rings is 2. The first kappa shape index (κ1) is 16.7. The van der Waals surface area contributed by atoms with Gasteiger partial charge < -0.3 is 10.1 Å². The number of ether oxygens (including phenoxy) is 1. The zero-order valence-corrected chi connectivity index (χ0v) is 14.4. The number of hydrogen-bond donors (Lipinski definition) is 1. The van der Waals surface area contributed by atoms with E-state index in [9.17, 15) is 9.18 Å². The van der Waals surface area contributed by atoms with Crippen molar-refractivity contribution in [2.45, 2.75) is 0 Å². The van der Waals surface area contributed by atoms with Crippen molar-refractivity contribution in [3.8, 4) is 11.4 Å². The Morgan fingerprint density at radius 2 is 1.96 bits per heavy atom. The monoisotopic (exact) mass is 362 g/mol. The van der Waals surface area contributed by atoms with Crippen LogP contribution in [0.15, 0.2) is 67.3 Å². The second kappa shape index (κ2) is 6.87. The molecule has 0 saturated heterocycles. The van der Waals surface area contributed by atoms with E-state index >= 15 is 0 Å². The van der Waals surface area contributed by atoms with Gasteiger partial charge >= 0.3 is 0 Å². The Kier molecular flexibility index (Phi) is 4.25. The predicted molar refractivity (Wildman–Crippen MR) is 99.8 cm³/mol. The highest BCUT2D eigenvalue weighted by Gasteiger charge is 2.12. The summed E-state index contributed by atoms with van der Waals surface area (Å²) in [4.78, 5) is 20.2. The minimum atomic E-state index is -0.660. The van der Waals surface area contributed by atoms with Crippen LogP contribution in [-0.4, -0.2) is 27.6 Å². The number of rotatable bonds is 4. The van der Waals surface area contributed by atoms with Crippen molar-refractivity contribution in [2.24, 2.45) is 0 Å². The van der Waals surface area contributed by atoms with E-state index < -0.39 is 11.7 Å². The third-order valence-electron chi connectivity index (χ3n) is 4.17. The molecule has 1 amide bonds. The molecule has 0 unspecified atom stereocenters. The number of imidazole rings is 1. The smallest absolute Gasteiger partial charge is 0.258 e. The summed E-state index contributed by atoms with van der Waals surface area (Å²) in [7, 11) is 1.61. The summed E-state index contributed by atoms with van der Waals surface area (Å²) >= 11 is 0. The largest absolute Gasteiger partial charge is 0.497 e. The molecule has 0 bridgehead atoms. The summed E-state index contributed by atoms with van der Waals surface area (Å²) in [6.45, 7) is 0. The maximum absolute atomic E-state index is 13.7. The predicted octanol–water partition coefficient (Wildman–Crippen LogP) is 3.82. The first-order valence-corrected chi connectivity index (χ1v) is 8.18. The quantitative estimate of drug-likeness (QED) is 0.599. The Balaban J connectivity index is 1.58. The van der Waals surface area contributed by atoms with Gasteiger partial charge in [-0.05, 0) is 42.5 Å². The van der Waals surface area contributed by atoms with Gasteiger partial charge in [-0.2, -0.15) is 0 Å². The van der Waals surface area contributed by atoms with Crippen molar-refractivity contribution < 1.29 is 13.9 Å². The number of amides is 1. The van der Waals surface area contributed by atoms with Crippen LogP contribution in [0.1, 0.15) is 10.4 Å². The fourth-order valence-corrected chi connectivity index (χ4v) is 2.79. The topological polar surface area (TPSA) is 69.0 Å². The maximum Gasteiger partial charge on any atom is 0.258 e. The van der Waals surface area contributed by atoms with Crippen molar-refractivity contribution in [3.05, 3.63) is 78.6 Å². The summed E-state index contributed by atoms with van der Waals surface area (Å²) in [6, 6.07) is 14.2. The summed E-state index contributed by atoms with van der Waals surface area (Å²) in [5, 5.41) is 2.68. The Morgan fingerprint density at radius 3 is 2.70 bits per heavy atom. The van der Waals surface area contributed by atoms with E-state index in [1.165, 1.54) is 12.3 Å². The highest BCUT2D eigenvalue weighted by molar-refractivity contribution is 6.04. The Hall–Kier alpha value is -3.74. The molecule has 2 aromatic heterocycles. The number of carbonyl (C=O) groups is 1. The summed E-state index contributed by atoms with van der Waals surface area (Å²) in [6.07, 6.45) is 4.11. The molecule has 2 aromatic carbocycles. The van der Waals surface area contributed by atoms with Crippen LogP contribution in [0.3, 0.4) is 0 Å². The van der Waals surface area contributed by atoms with Crippen LogP contribution in [0.5, 0.6) is 5.75 Å². The third-order valence-corrected chi connectivity index (χ3v) is 4.17. The van der Waals surface area contributed by atoms with E-state index in [-0.39, 0.29) is 5.56 Å². The van der Waals surface area contributed by atoms with Crippen molar-refractivity contribution >= 4 is 22.6 Å². The van der Waals surface area contributed by atoms with Gasteiger partial charge in [0.15, 0.2) is 5.82 Å². The Morgan fingerprint density at radius 1 is 1.15 bits per heavy atom. The van der Waals surface area contributed by atoms with Gasteiger partial charge in [0.05, 0.1) is 29.9 Å². The number of nitrogens with one attached hydrogen (secondary N) is 1. The molecule has 0 atom stereocenters. The van der Waals surface area contributed by atoms with Crippen LogP contribution in [0.4, 0.5) is 10.1 Å². The molecule has 1 N–H and O–H groups in total. The summed E-state index contributed by atoms with van der Waals surface area (Å²) < 4.78 is 20.8. The van der Waals surface area contributed by atoms with Crippen molar-refractivity contribution in [1.82, 2.24) is 14.5 Å². The lowest BCUT2D eigenvalue weighted by Gasteiger charge is -2.08.